The number of nitrogens with zero attached hydrogens (tertiary/aromatic N) is 2. The number of benzene rings is 1. The lowest BCUT2D eigenvalue weighted by atomic mass is 10.1. The number of aromatic nitrogens is 2. The van der Waals surface area contributed by atoms with Gasteiger partial charge >= 0.3 is 0 Å². The zero-order valence-electron chi connectivity index (χ0n) is 13.0. The molecule has 4 nitrogen and oxygen atoms in total. The lowest BCUT2D eigenvalue weighted by Gasteiger charge is -2.03. The van der Waals surface area contributed by atoms with E-state index in [0.717, 1.165) is 21.0 Å². The zero-order valence-corrected chi connectivity index (χ0v) is 16.1. The molecule has 0 fully saturated rings. The second kappa shape index (κ2) is 7.70. The van der Waals surface area contributed by atoms with Gasteiger partial charge in [-0.1, -0.05) is 46.9 Å². The molecule has 0 saturated heterocycles. The van der Waals surface area contributed by atoms with E-state index >= 15 is 0 Å². The standard InChI is InChI=1S/C17H12Cl3N3OS/c1-9-2-3-10(7-13(9)19)6-11-8-21-17(25-11)23-16(24)15-12(18)4-5-14(20)22-15/h2-5,7-8H,6H2,1H3,(H,21,23,24). The van der Waals surface area contributed by atoms with E-state index in [-0.39, 0.29) is 15.9 Å². The average molecular weight is 413 g/mol. The summed E-state index contributed by atoms with van der Waals surface area (Å²) in [5.41, 5.74) is 2.18. The summed E-state index contributed by atoms with van der Waals surface area (Å²) in [5.74, 6) is -0.452. The van der Waals surface area contributed by atoms with Crippen LogP contribution in [0.3, 0.4) is 0 Å². The number of hydrogen-bond acceptors (Lipinski definition) is 4. The van der Waals surface area contributed by atoms with E-state index in [1.165, 1.54) is 23.5 Å². The maximum atomic E-state index is 12.3. The van der Waals surface area contributed by atoms with Gasteiger partial charge in [-0.2, -0.15) is 0 Å². The van der Waals surface area contributed by atoms with Crippen molar-refractivity contribution in [3.8, 4) is 0 Å². The van der Waals surface area contributed by atoms with Crippen LogP contribution in [0.1, 0.15) is 26.5 Å². The Morgan fingerprint density at radius 2 is 1.96 bits per heavy atom. The molecular weight excluding hydrogens is 401 g/mol. The molecule has 0 spiro atoms. The summed E-state index contributed by atoms with van der Waals surface area (Å²) in [6, 6.07) is 8.99. The van der Waals surface area contributed by atoms with E-state index in [1.54, 1.807) is 6.20 Å². The zero-order chi connectivity index (χ0) is 18.0. The number of aryl methyl sites for hydroxylation is 1. The number of pyridine rings is 1. The lowest BCUT2D eigenvalue weighted by Crippen LogP contribution is -2.14. The van der Waals surface area contributed by atoms with Crippen LogP contribution in [0.4, 0.5) is 5.13 Å². The molecule has 0 saturated carbocycles. The number of thiazole rings is 1. The number of carbonyl (C=O) groups is 1. The van der Waals surface area contributed by atoms with Crippen LogP contribution in [0, 0.1) is 6.92 Å². The number of rotatable bonds is 4. The third-order valence-electron chi connectivity index (χ3n) is 3.42. The Bertz CT molecular complexity index is 943. The molecule has 128 valence electrons. The van der Waals surface area contributed by atoms with E-state index in [2.05, 4.69) is 15.3 Å². The van der Waals surface area contributed by atoms with Gasteiger partial charge in [0.2, 0.25) is 0 Å². The van der Waals surface area contributed by atoms with Crippen LogP contribution in [-0.2, 0) is 6.42 Å². The van der Waals surface area contributed by atoms with Gasteiger partial charge < -0.3 is 0 Å². The molecule has 0 bridgehead atoms. The number of carbonyl (C=O) groups excluding carboxylic acids is 1. The van der Waals surface area contributed by atoms with Gasteiger partial charge in [-0.15, -0.1) is 11.3 Å². The molecule has 3 rings (SSSR count). The average Bonchev–Trinajstić information content (AvgIpc) is 3.00. The first kappa shape index (κ1) is 18.1. The molecule has 0 aliphatic rings. The van der Waals surface area contributed by atoms with Crippen molar-refractivity contribution in [2.75, 3.05) is 5.32 Å². The molecule has 1 N–H and O–H groups in total. The Hall–Kier alpha value is -1.66. The SMILES string of the molecule is Cc1ccc(Cc2cnc(NC(=O)c3nc(Cl)ccc3Cl)s2)cc1Cl. The topological polar surface area (TPSA) is 54.9 Å². The van der Waals surface area contributed by atoms with Crippen LogP contribution in [0.15, 0.2) is 36.5 Å². The van der Waals surface area contributed by atoms with E-state index in [4.69, 9.17) is 34.8 Å². The summed E-state index contributed by atoms with van der Waals surface area (Å²) < 4.78 is 0. The smallest absolute Gasteiger partial charge is 0.277 e. The van der Waals surface area contributed by atoms with Crippen LogP contribution in [-0.4, -0.2) is 15.9 Å². The second-order valence-corrected chi connectivity index (χ2v) is 7.63. The molecule has 0 aliphatic heterocycles. The summed E-state index contributed by atoms with van der Waals surface area (Å²) >= 11 is 19.3. The first-order valence-electron chi connectivity index (χ1n) is 7.25. The van der Waals surface area contributed by atoms with Crippen molar-refractivity contribution < 1.29 is 4.79 Å². The number of halogens is 3. The normalized spacial score (nSPS) is 10.7. The van der Waals surface area contributed by atoms with E-state index in [0.29, 0.717) is 11.6 Å². The maximum absolute atomic E-state index is 12.3. The van der Waals surface area contributed by atoms with Gasteiger partial charge in [0.1, 0.15) is 10.8 Å². The number of hydrogen-bond donors (Lipinski definition) is 1. The van der Waals surface area contributed by atoms with Crippen LogP contribution in [0.5, 0.6) is 0 Å². The van der Waals surface area contributed by atoms with Crippen LogP contribution >= 0.6 is 46.1 Å². The molecule has 0 radical (unpaired) electrons. The monoisotopic (exact) mass is 411 g/mol. The quantitative estimate of drug-likeness (QED) is 0.563. The summed E-state index contributed by atoms with van der Waals surface area (Å²) in [5, 5.41) is 4.32. The van der Waals surface area contributed by atoms with E-state index in [1.807, 2.05) is 25.1 Å². The number of anilines is 1. The Kier molecular flexibility index (Phi) is 5.59. The van der Waals surface area contributed by atoms with Crippen LogP contribution in [0.2, 0.25) is 15.2 Å². The third-order valence-corrected chi connectivity index (χ3v) is 5.25. The maximum Gasteiger partial charge on any atom is 0.277 e. The molecule has 2 heterocycles. The molecule has 25 heavy (non-hydrogen) atoms. The van der Waals surface area contributed by atoms with E-state index in [9.17, 15) is 4.79 Å². The van der Waals surface area contributed by atoms with E-state index < -0.39 is 5.91 Å². The van der Waals surface area contributed by atoms with Gasteiger partial charge in [0.05, 0.1) is 5.02 Å². The minimum Gasteiger partial charge on any atom is -0.296 e. The summed E-state index contributed by atoms with van der Waals surface area (Å²) in [7, 11) is 0. The molecule has 0 aliphatic carbocycles. The molecular formula is C17H12Cl3N3OS. The highest BCUT2D eigenvalue weighted by atomic mass is 35.5. The first-order valence-corrected chi connectivity index (χ1v) is 9.20. The highest BCUT2D eigenvalue weighted by Gasteiger charge is 2.15. The molecule has 1 aromatic carbocycles. The molecule has 8 heteroatoms. The van der Waals surface area contributed by atoms with Gasteiger partial charge in [-0.3, -0.25) is 10.1 Å². The fourth-order valence-corrected chi connectivity index (χ4v) is 3.51. The fraction of sp³-hybridized carbons (Fsp3) is 0.118. The number of amides is 1. The highest BCUT2D eigenvalue weighted by Crippen LogP contribution is 2.25. The van der Waals surface area contributed by atoms with Crippen LogP contribution < -0.4 is 5.32 Å². The highest BCUT2D eigenvalue weighted by molar-refractivity contribution is 7.15. The van der Waals surface area contributed by atoms with Crippen molar-refractivity contribution in [3.05, 3.63) is 73.4 Å². The van der Waals surface area contributed by atoms with Crippen molar-refractivity contribution in [3.63, 3.8) is 0 Å². The molecule has 0 atom stereocenters. The predicted octanol–water partition coefficient (Wildman–Crippen LogP) is 5.65. The molecule has 3 aromatic rings. The second-order valence-electron chi connectivity index (χ2n) is 5.31. The first-order chi connectivity index (χ1) is 11.9. The van der Waals surface area contributed by atoms with Gasteiger partial charge in [0.15, 0.2) is 5.13 Å². The minimum absolute atomic E-state index is 0.0660. The minimum atomic E-state index is -0.452. The Balaban J connectivity index is 1.72. The fourth-order valence-electron chi connectivity index (χ4n) is 2.13. The Morgan fingerprint density at radius 3 is 2.72 bits per heavy atom. The van der Waals surface area contributed by atoms with Crippen molar-refractivity contribution in [2.24, 2.45) is 0 Å². The molecule has 2 aromatic heterocycles. The van der Waals surface area contributed by atoms with Crippen molar-refractivity contribution in [2.45, 2.75) is 13.3 Å². The van der Waals surface area contributed by atoms with Crippen molar-refractivity contribution >= 4 is 57.2 Å². The summed E-state index contributed by atoms with van der Waals surface area (Å²) in [6.07, 6.45) is 2.41. The Labute approximate surface area is 163 Å². The number of nitrogens with one attached hydrogen (secondary N) is 1. The van der Waals surface area contributed by atoms with Crippen molar-refractivity contribution in [1.82, 2.24) is 9.97 Å². The third kappa shape index (κ3) is 4.50. The predicted molar refractivity (Wildman–Crippen MR) is 103 cm³/mol. The molecule has 0 unspecified atom stereocenters. The van der Waals surface area contributed by atoms with Crippen molar-refractivity contribution in [1.29, 1.82) is 0 Å². The lowest BCUT2D eigenvalue weighted by molar-refractivity contribution is 0.102. The summed E-state index contributed by atoms with van der Waals surface area (Å²) in [4.78, 5) is 21.4. The van der Waals surface area contributed by atoms with Gasteiger partial charge in [-0.25, -0.2) is 9.97 Å². The summed E-state index contributed by atoms with van der Waals surface area (Å²) in [6.45, 7) is 1.96. The largest absolute Gasteiger partial charge is 0.296 e. The van der Waals surface area contributed by atoms with Crippen LogP contribution in [0.25, 0.3) is 0 Å². The van der Waals surface area contributed by atoms with Gasteiger partial charge in [-0.05, 0) is 36.2 Å². The molecule has 1 amide bonds. The Morgan fingerprint density at radius 1 is 1.16 bits per heavy atom. The van der Waals surface area contributed by atoms with Gasteiger partial charge in [0, 0.05) is 22.5 Å². The van der Waals surface area contributed by atoms with Gasteiger partial charge in [0.25, 0.3) is 5.91 Å².